The highest BCUT2D eigenvalue weighted by atomic mass is 16.5. The van der Waals surface area contributed by atoms with E-state index < -0.39 is 0 Å². The maximum Gasteiger partial charge on any atom is 0.240 e. The fraction of sp³-hybridized carbons (Fsp3) is 0.611. The minimum atomic E-state index is -0.384. The lowest BCUT2D eigenvalue weighted by Gasteiger charge is -2.30. The molecule has 23 heavy (non-hydrogen) atoms. The molecule has 128 valence electrons. The summed E-state index contributed by atoms with van der Waals surface area (Å²) in [6, 6.07) is 8.13. The molecule has 1 heterocycles. The molecule has 2 atom stereocenters. The molecular weight excluding hydrogens is 290 g/mol. The van der Waals surface area contributed by atoms with Crippen LogP contribution in [-0.4, -0.2) is 50.6 Å². The number of carbonyl (C=O) groups excluding carboxylic acids is 1. The van der Waals surface area contributed by atoms with Crippen molar-refractivity contribution in [2.75, 3.05) is 34.3 Å². The van der Waals surface area contributed by atoms with Crippen LogP contribution in [0.1, 0.15) is 37.8 Å². The Balaban J connectivity index is 2.06. The number of ether oxygens (including phenoxy) is 1. The second kappa shape index (κ2) is 7.79. The summed E-state index contributed by atoms with van der Waals surface area (Å²) in [7, 11) is 5.72. The zero-order valence-corrected chi connectivity index (χ0v) is 14.7. The van der Waals surface area contributed by atoms with Crippen molar-refractivity contribution >= 4 is 5.91 Å². The molecule has 1 aromatic carbocycles. The first kappa shape index (κ1) is 17.8. The van der Waals surface area contributed by atoms with Crippen LogP contribution >= 0.6 is 0 Å². The van der Waals surface area contributed by atoms with E-state index in [4.69, 9.17) is 4.74 Å². The minimum absolute atomic E-state index is 0.115. The zero-order valence-electron chi connectivity index (χ0n) is 14.7. The van der Waals surface area contributed by atoms with Crippen LogP contribution in [0, 0.1) is 0 Å². The van der Waals surface area contributed by atoms with Gasteiger partial charge in [0.25, 0.3) is 0 Å². The number of methoxy groups -OCH3 is 1. The van der Waals surface area contributed by atoms with Gasteiger partial charge in [-0.25, -0.2) is 0 Å². The van der Waals surface area contributed by atoms with Gasteiger partial charge in [0.05, 0.1) is 18.7 Å². The Kier molecular flexibility index (Phi) is 6.02. The third-order valence-corrected chi connectivity index (χ3v) is 4.84. The summed E-state index contributed by atoms with van der Waals surface area (Å²) < 4.78 is 5.31. The molecular formula is C18H29N3O2. The Morgan fingerprint density at radius 1 is 1.48 bits per heavy atom. The number of hydrogen-bond donors (Lipinski definition) is 2. The highest BCUT2D eigenvalue weighted by Crippen LogP contribution is 2.25. The number of nitrogens with one attached hydrogen (secondary N) is 2. The number of likely N-dealkylation sites (N-methyl/N-ethyl adjacent to an activating group) is 1. The Morgan fingerprint density at radius 2 is 2.26 bits per heavy atom. The molecule has 1 aliphatic heterocycles. The van der Waals surface area contributed by atoms with E-state index in [0.717, 1.165) is 37.1 Å². The van der Waals surface area contributed by atoms with E-state index in [1.165, 1.54) is 0 Å². The summed E-state index contributed by atoms with van der Waals surface area (Å²) in [4.78, 5) is 14.8. The maximum atomic E-state index is 12.7. The van der Waals surface area contributed by atoms with Gasteiger partial charge in [-0.15, -0.1) is 0 Å². The Hall–Kier alpha value is -1.59. The van der Waals surface area contributed by atoms with Gasteiger partial charge in [-0.2, -0.15) is 0 Å². The second-order valence-electron chi connectivity index (χ2n) is 6.43. The summed E-state index contributed by atoms with van der Waals surface area (Å²) >= 11 is 0. The lowest BCUT2D eigenvalue weighted by atomic mass is 9.93. The summed E-state index contributed by atoms with van der Waals surface area (Å²) in [6.07, 6.45) is 2.81. The summed E-state index contributed by atoms with van der Waals surface area (Å²) in [5.41, 5.74) is 0.755. The van der Waals surface area contributed by atoms with Gasteiger partial charge >= 0.3 is 0 Å². The Morgan fingerprint density at radius 3 is 2.83 bits per heavy atom. The number of amides is 1. The molecule has 1 aromatic rings. The van der Waals surface area contributed by atoms with Crippen LogP contribution in [0.4, 0.5) is 0 Å². The molecule has 1 fully saturated rings. The fourth-order valence-corrected chi connectivity index (χ4v) is 3.27. The van der Waals surface area contributed by atoms with Gasteiger partial charge in [-0.05, 0) is 57.6 Å². The van der Waals surface area contributed by atoms with Crippen LogP contribution in [-0.2, 0) is 4.79 Å². The van der Waals surface area contributed by atoms with Gasteiger partial charge in [-0.1, -0.05) is 19.1 Å². The van der Waals surface area contributed by atoms with Crippen molar-refractivity contribution in [1.82, 2.24) is 15.5 Å². The van der Waals surface area contributed by atoms with Crippen LogP contribution in [0.25, 0.3) is 0 Å². The molecule has 1 saturated heterocycles. The quantitative estimate of drug-likeness (QED) is 0.806. The molecule has 2 unspecified atom stereocenters. The first-order chi connectivity index (χ1) is 11.0. The van der Waals surface area contributed by atoms with Crippen LogP contribution in [0.3, 0.4) is 0 Å². The molecule has 0 aromatic heterocycles. The van der Waals surface area contributed by atoms with E-state index >= 15 is 0 Å². The van der Waals surface area contributed by atoms with Crippen LogP contribution in [0.2, 0.25) is 0 Å². The molecule has 0 aliphatic carbocycles. The highest BCUT2D eigenvalue weighted by Gasteiger charge is 2.39. The molecule has 5 nitrogen and oxygen atoms in total. The van der Waals surface area contributed by atoms with Gasteiger partial charge in [0.2, 0.25) is 5.91 Å². The van der Waals surface area contributed by atoms with E-state index in [1.807, 2.05) is 32.3 Å². The second-order valence-corrected chi connectivity index (χ2v) is 6.43. The molecule has 1 amide bonds. The average Bonchev–Trinajstić information content (AvgIpc) is 3.05. The fourth-order valence-electron chi connectivity index (χ4n) is 3.27. The van der Waals surface area contributed by atoms with Gasteiger partial charge in [-0.3, -0.25) is 4.79 Å². The van der Waals surface area contributed by atoms with E-state index in [9.17, 15) is 4.79 Å². The summed E-state index contributed by atoms with van der Waals surface area (Å²) in [6.45, 7) is 3.58. The smallest absolute Gasteiger partial charge is 0.240 e. The van der Waals surface area contributed by atoms with E-state index in [0.29, 0.717) is 6.54 Å². The van der Waals surface area contributed by atoms with Gasteiger partial charge in [0, 0.05) is 6.54 Å². The molecule has 0 spiro atoms. The van der Waals surface area contributed by atoms with Crippen molar-refractivity contribution in [2.45, 2.75) is 37.8 Å². The first-order valence-corrected chi connectivity index (χ1v) is 8.36. The molecule has 0 bridgehead atoms. The SMILES string of the molecule is CCC1(C(=O)NCC(c2cccc(OC)c2)N(C)C)CCCN1. The number of carbonyl (C=O) groups is 1. The topological polar surface area (TPSA) is 53.6 Å². The third-order valence-electron chi connectivity index (χ3n) is 4.84. The molecule has 2 N–H and O–H groups in total. The number of nitrogens with zero attached hydrogens (tertiary/aromatic N) is 1. The average molecular weight is 319 g/mol. The molecule has 0 radical (unpaired) electrons. The van der Waals surface area contributed by atoms with Crippen LogP contribution in [0.5, 0.6) is 5.75 Å². The van der Waals surface area contributed by atoms with E-state index in [-0.39, 0.29) is 17.5 Å². The lowest BCUT2D eigenvalue weighted by Crippen LogP contribution is -2.54. The summed E-state index contributed by atoms with van der Waals surface area (Å²) in [5.74, 6) is 0.954. The van der Waals surface area contributed by atoms with Gasteiger partial charge < -0.3 is 20.3 Å². The number of rotatable bonds is 7. The van der Waals surface area contributed by atoms with Crippen LogP contribution in [0.15, 0.2) is 24.3 Å². The predicted octanol–water partition coefficient (Wildman–Crippen LogP) is 1.95. The van der Waals surface area contributed by atoms with E-state index in [2.05, 4.69) is 28.5 Å². The Labute approximate surface area is 139 Å². The molecule has 0 saturated carbocycles. The van der Waals surface area contributed by atoms with Crippen molar-refractivity contribution < 1.29 is 9.53 Å². The summed E-state index contributed by atoms with van der Waals surface area (Å²) in [5, 5.41) is 6.53. The first-order valence-electron chi connectivity index (χ1n) is 8.36. The maximum absolute atomic E-state index is 12.7. The van der Waals surface area contributed by atoms with Gasteiger partial charge in [0.1, 0.15) is 5.75 Å². The Bertz CT molecular complexity index is 525. The van der Waals surface area contributed by atoms with Crippen molar-refractivity contribution in [1.29, 1.82) is 0 Å². The standard InChI is InChI=1S/C18H29N3O2/c1-5-18(10-7-11-20-18)17(22)19-13-16(21(2)3)14-8-6-9-15(12-14)23-4/h6,8-9,12,16,20H,5,7,10-11,13H2,1-4H3,(H,19,22). The van der Waals surface area contributed by atoms with Crippen molar-refractivity contribution in [3.63, 3.8) is 0 Å². The van der Waals surface area contributed by atoms with Gasteiger partial charge in [0.15, 0.2) is 0 Å². The van der Waals surface area contributed by atoms with Crippen molar-refractivity contribution in [3.8, 4) is 5.75 Å². The largest absolute Gasteiger partial charge is 0.497 e. The monoisotopic (exact) mass is 319 g/mol. The number of benzene rings is 1. The zero-order chi connectivity index (χ0) is 16.9. The number of hydrogen-bond acceptors (Lipinski definition) is 4. The molecule has 2 rings (SSSR count). The predicted molar refractivity (Wildman–Crippen MR) is 92.7 cm³/mol. The lowest BCUT2D eigenvalue weighted by molar-refractivity contribution is -0.127. The van der Waals surface area contributed by atoms with Crippen molar-refractivity contribution in [2.24, 2.45) is 0 Å². The van der Waals surface area contributed by atoms with Crippen molar-refractivity contribution in [3.05, 3.63) is 29.8 Å². The normalized spacial score (nSPS) is 22.1. The minimum Gasteiger partial charge on any atom is -0.497 e. The molecule has 5 heteroatoms. The van der Waals surface area contributed by atoms with E-state index in [1.54, 1.807) is 7.11 Å². The molecule has 1 aliphatic rings. The van der Waals surface area contributed by atoms with Crippen LogP contribution < -0.4 is 15.4 Å². The highest BCUT2D eigenvalue weighted by molar-refractivity contribution is 5.86. The third kappa shape index (κ3) is 4.03.